The first-order valence-corrected chi connectivity index (χ1v) is 7.90. The van der Waals surface area contributed by atoms with Crippen LogP contribution in [0.1, 0.15) is 23.7 Å². The summed E-state index contributed by atoms with van der Waals surface area (Å²) in [6.45, 7) is 1.94. The zero-order valence-corrected chi connectivity index (χ0v) is 14.6. The fraction of sp³-hybridized carbons (Fsp3) is 0.263. The fourth-order valence-corrected chi connectivity index (χ4v) is 2.29. The lowest BCUT2D eigenvalue weighted by molar-refractivity contribution is -0.115. The van der Waals surface area contributed by atoms with E-state index < -0.39 is 0 Å². The molecule has 2 aromatic carbocycles. The maximum Gasteiger partial charge on any atom is 0.226 e. The van der Waals surface area contributed by atoms with E-state index in [0.29, 0.717) is 29.3 Å². The van der Waals surface area contributed by atoms with Gasteiger partial charge in [0.05, 0.1) is 19.9 Å². The molecule has 2 rings (SSSR count). The number of hydrogen-bond acceptors (Lipinski definition) is 5. The van der Waals surface area contributed by atoms with Crippen molar-refractivity contribution in [2.24, 2.45) is 0 Å². The van der Waals surface area contributed by atoms with E-state index in [-0.39, 0.29) is 18.1 Å². The summed E-state index contributed by atoms with van der Waals surface area (Å²) in [5.74, 6) is 1.17. The predicted molar refractivity (Wildman–Crippen MR) is 97.7 cm³/mol. The molecule has 0 bridgehead atoms. The summed E-state index contributed by atoms with van der Waals surface area (Å²) in [4.78, 5) is 23.4. The van der Waals surface area contributed by atoms with Crippen LogP contribution in [0.3, 0.4) is 0 Å². The Bertz CT molecular complexity index is 759. The second kappa shape index (κ2) is 8.73. The molecule has 6 heteroatoms. The molecule has 0 saturated carbocycles. The van der Waals surface area contributed by atoms with Crippen LogP contribution in [0, 0.1) is 0 Å². The maximum atomic E-state index is 12.1. The molecule has 25 heavy (non-hydrogen) atoms. The summed E-state index contributed by atoms with van der Waals surface area (Å²) in [7, 11) is 3.17. The summed E-state index contributed by atoms with van der Waals surface area (Å²) < 4.78 is 10.5. The van der Waals surface area contributed by atoms with Crippen LogP contribution in [-0.4, -0.2) is 32.5 Å². The highest BCUT2D eigenvalue weighted by Gasteiger charge is 2.07. The summed E-state index contributed by atoms with van der Waals surface area (Å²) in [6, 6.07) is 12.3. The molecule has 0 aliphatic heterocycles. The number of nitrogens with one attached hydrogen (secondary N) is 2. The van der Waals surface area contributed by atoms with Crippen LogP contribution in [0.2, 0.25) is 0 Å². The Kier molecular flexibility index (Phi) is 6.39. The van der Waals surface area contributed by atoms with E-state index in [2.05, 4.69) is 10.6 Å². The lowest BCUT2D eigenvalue weighted by Crippen LogP contribution is -2.16. The predicted octanol–water partition coefficient (Wildman–Crippen LogP) is 3.35. The molecule has 0 aromatic heterocycles. The van der Waals surface area contributed by atoms with E-state index in [1.54, 1.807) is 44.6 Å². The van der Waals surface area contributed by atoms with Crippen LogP contribution >= 0.6 is 0 Å². The van der Waals surface area contributed by atoms with E-state index in [1.165, 1.54) is 6.92 Å². The Morgan fingerprint density at radius 1 is 1.04 bits per heavy atom. The Morgan fingerprint density at radius 2 is 1.84 bits per heavy atom. The van der Waals surface area contributed by atoms with Gasteiger partial charge in [-0.25, -0.2) is 0 Å². The zero-order valence-electron chi connectivity index (χ0n) is 14.6. The van der Waals surface area contributed by atoms with Gasteiger partial charge >= 0.3 is 0 Å². The lowest BCUT2D eigenvalue weighted by Gasteiger charge is -2.12. The lowest BCUT2D eigenvalue weighted by atomic mass is 10.1. The minimum Gasteiger partial charge on any atom is -0.497 e. The molecule has 6 nitrogen and oxygen atoms in total. The van der Waals surface area contributed by atoms with E-state index >= 15 is 0 Å². The minimum atomic E-state index is -0.138. The number of anilines is 2. The van der Waals surface area contributed by atoms with Gasteiger partial charge in [0.15, 0.2) is 5.78 Å². The molecule has 0 aliphatic rings. The van der Waals surface area contributed by atoms with Crippen LogP contribution in [0.15, 0.2) is 42.5 Å². The van der Waals surface area contributed by atoms with E-state index in [1.807, 2.05) is 12.1 Å². The van der Waals surface area contributed by atoms with Crippen LogP contribution in [-0.2, 0) is 4.79 Å². The fourth-order valence-electron chi connectivity index (χ4n) is 2.29. The van der Waals surface area contributed by atoms with Crippen LogP contribution in [0.25, 0.3) is 0 Å². The van der Waals surface area contributed by atoms with Crippen molar-refractivity contribution >= 4 is 23.1 Å². The van der Waals surface area contributed by atoms with Crippen molar-refractivity contribution in [1.82, 2.24) is 0 Å². The van der Waals surface area contributed by atoms with Gasteiger partial charge in [-0.3, -0.25) is 9.59 Å². The normalized spacial score (nSPS) is 10.0. The molecule has 0 radical (unpaired) electrons. The standard InChI is InChI=1S/C19H22N2O4/c1-13(22)14-5-4-6-15(11-14)21-19(23)9-10-20-17-8-7-16(24-2)12-18(17)25-3/h4-8,11-12,20H,9-10H2,1-3H3,(H,21,23). The number of ether oxygens (including phenoxy) is 2. The Balaban J connectivity index is 1.88. The SMILES string of the molecule is COc1ccc(NCCC(=O)Nc2cccc(C(C)=O)c2)c(OC)c1. The Hall–Kier alpha value is -3.02. The van der Waals surface area contributed by atoms with Crippen molar-refractivity contribution in [1.29, 1.82) is 0 Å². The third kappa shape index (κ3) is 5.24. The molecule has 0 spiro atoms. The third-order valence-corrected chi connectivity index (χ3v) is 3.63. The maximum absolute atomic E-state index is 12.1. The van der Waals surface area contributed by atoms with Crippen molar-refractivity contribution in [3.8, 4) is 11.5 Å². The molecule has 132 valence electrons. The molecule has 0 atom stereocenters. The van der Waals surface area contributed by atoms with Gasteiger partial charge in [0, 0.05) is 30.3 Å². The van der Waals surface area contributed by atoms with E-state index in [0.717, 1.165) is 5.69 Å². The number of Topliss-reactive ketones (excluding diaryl/α,β-unsaturated/α-hetero) is 1. The molecule has 2 N–H and O–H groups in total. The molecule has 0 saturated heterocycles. The molecule has 0 aliphatic carbocycles. The second-order valence-corrected chi connectivity index (χ2v) is 5.43. The van der Waals surface area contributed by atoms with Gasteiger partial charge in [0.25, 0.3) is 0 Å². The average molecular weight is 342 g/mol. The largest absolute Gasteiger partial charge is 0.497 e. The molecule has 0 fully saturated rings. The monoisotopic (exact) mass is 342 g/mol. The summed E-state index contributed by atoms with van der Waals surface area (Å²) in [5, 5.41) is 5.95. The summed E-state index contributed by atoms with van der Waals surface area (Å²) in [6.07, 6.45) is 0.277. The molecule has 0 unspecified atom stereocenters. The van der Waals surface area contributed by atoms with Crippen molar-refractivity contribution in [2.75, 3.05) is 31.4 Å². The first-order valence-electron chi connectivity index (χ1n) is 7.90. The quantitative estimate of drug-likeness (QED) is 0.720. The van der Waals surface area contributed by atoms with Crippen LogP contribution in [0.5, 0.6) is 11.5 Å². The topological polar surface area (TPSA) is 76.7 Å². The summed E-state index contributed by atoms with van der Waals surface area (Å²) >= 11 is 0. The molecule has 2 aromatic rings. The van der Waals surface area contributed by atoms with Gasteiger partial charge in [-0.15, -0.1) is 0 Å². The molecule has 1 amide bonds. The summed E-state index contributed by atoms with van der Waals surface area (Å²) in [5.41, 5.74) is 1.97. The smallest absolute Gasteiger partial charge is 0.226 e. The zero-order chi connectivity index (χ0) is 18.2. The number of rotatable bonds is 8. The van der Waals surface area contributed by atoms with Crippen molar-refractivity contribution in [3.63, 3.8) is 0 Å². The average Bonchev–Trinajstić information content (AvgIpc) is 2.62. The number of methoxy groups -OCH3 is 2. The van der Waals surface area contributed by atoms with Crippen molar-refractivity contribution < 1.29 is 19.1 Å². The second-order valence-electron chi connectivity index (χ2n) is 5.43. The minimum absolute atomic E-state index is 0.0376. The van der Waals surface area contributed by atoms with Crippen molar-refractivity contribution in [3.05, 3.63) is 48.0 Å². The van der Waals surface area contributed by atoms with Gasteiger partial charge in [0.1, 0.15) is 11.5 Å². The van der Waals surface area contributed by atoms with E-state index in [9.17, 15) is 9.59 Å². The van der Waals surface area contributed by atoms with Crippen molar-refractivity contribution in [2.45, 2.75) is 13.3 Å². The molecular formula is C19H22N2O4. The Morgan fingerprint density at radius 3 is 2.52 bits per heavy atom. The number of carbonyl (C=O) groups excluding carboxylic acids is 2. The van der Waals surface area contributed by atoms with E-state index in [4.69, 9.17) is 9.47 Å². The van der Waals surface area contributed by atoms with Gasteiger partial charge in [-0.1, -0.05) is 12.1 Å². The number of hydrogen-bond donors (Lipinski definition) is 2. The van der Waals surface area contributed by atoms with Crippen LogP contribution in [0.4, 0.5) is 11.4 Å². The number of benzene rings is 2. The third-order valence-electron chi connectivity index (χ3n) is 3.63. The highest BCUT2D eigenvalue weighted by molar-refractivity contribution is 5.97. The number of ketones is 1. The Labute approximate surface area is 147 Å². The van der Waals surface area contributed by atoms with Gasteiger partial charge in [-0.05, 0) is 31.2 Å². The number of carbonyl (C=O) groups is 2. The highest BCUT2D eigenvalue weighted by atomic mass is 16.5. The highest BCUT2D eigenvalue weighted by Crippen LogP contribution is 2.28. The first kappa shape index (κ1) is 18.3. The van der Waals surface area contributed by atoms with Gasteiger partial charge in [-0.2, -0.15) is 0 Å². The van der Waals surface area contributed by atoms with Gasteiger partial charge < -0.3 is 20.1 Å². The first-order chi connectivity index (χ1) is 12.0. The molecular weight excluding hydrogens is 320 g/mol. The number of amides is 1. The van der Waals surface area contributed by atoms with Crippen LogP contribution < -0.4 is 20.1 Å². The molecule has 0 heterocycles. The van der Waals surface area contributed by atoms with Gasteiger partial charge in [0.2, 0.25) is 5.91 Å².